The molecule has 0 unspecified atom stereocenters. The van der Waals surface area contributed by atoms with Crippen molar-refractivity contribution in [2.45, 2.75) is 26.1 Å². The van der Waals surface area contributed by atoms with Crippen LogP contribution < -0.4 is 21.1 Å². The first kappa shape index (κ1) is 27.1. The molecule has 0 saturated carbocycles. The van der Waals surface area contributed by atoms with E-state index in [0.29, 0.717) is 22.6 Å². The number of hydrogen-bond donors (Lipinski definition) is 4. The molecule has 0 saturated heterocycles. The van der Waals surface area contributed by atoms with Crippen molar-refractivity contribution in [3.8, 4) is 11.5 Å². The molecule has 3 aromatic rings. The maximum absolute atomic E-state index is 12.8. The normalized spacial score (nSPS) is 12.5. The van der Waals surface area contributed by atoms with Gasteiger partial charge in [-0.05, 0) is 61.9 Å². The number of phenolic OH excluding ortho intramolecular Hbond substituents is 1. The molecule has 0 aliphatic heterocycles. The number of hydrogen-bond acceptors (Lipinski definition) is 7. The van der Waals surface area contributed by atoms with Crippen LogP contribution in [0.5, 0.6) is 11.5 Å². The molecule has 9 nitrogen and oxygen atoms in total. The molecular formula is C28H31N3O6. The van der Waals surface area contributed by atoms with Gasteiger partial charge in [0.15, 0.2) is 17.6 Å². The van der Waals surface area contributed by atoms with Gasteiger partial charge in [0.2, 0.25) is 5.91 Å². The number of nitrogens with two attached hydrogens (primary N) is 1. The number of rotatable bonds is 10. The molecule has 0 aliphatic carbocycles. The van der Waals surface area contributed by atoms with Crippen molar-refractivity contribution in [1.82, 2.24) is 0 Å². The summed E-state index contributed by atoms with van der Waals surface area (Å²) in [6, 6.07) is 18.7. The summed E-state index contributed by atoms with van der Waals surface area (Å²) >= 11 is 0. The van der Waals surface area contributed by atoms with E-state index in [9.17, 15) is 14.7 Å². The highest BCUT2D eigenvalue weighted by Gasteiger charge is 2.27. The van der Waals surface area contributed by atoms with Crippen LogP contribution in [0.1, 0.15) is 24.2 Å². The molecule has 9 heteroatoms. The van der Waals surface area contributed by atoms with Crippen molar-refractivity contribution in [3.05, 3.63) is 90.0 Å². The first-order chi connectivity index (χ1) is 17.8. The summed E-state index contributed by atoms with van der Waals surface area (Å²) in [6.07, 6.45) is 0.172. The number of ether oxygens (including phenoxy) is 3. The van der Waals surface area contributed by atoms with Gasteiger partial charge in [-0.15, -0.1) is 0 Å². The van der Waals surface area contributed by atoms with E-state index in [0.717, 1.165) is 5.56 Å². The van der Waals surface area contributed by atoms with Crippen LogP contribution in [-0.2, 0) is 14.3 Å². The second kappa shape index (κ2) is 13.0. The fourth-order valence-electron chi connectivity index (χ4n) is 3.51. The summed E-state index contributed by atoms with van der Waals surface area (Å²) in [5, 5.41) is 15.7. The summed E-state index contributed by atoms with van der Waals surface area (Å²) in [5.74, 6) is -0.318. The van der Waals surface area contributed by atoms with Gasteiger partial charge in [0.1, 0.15) is 6.10 Å². The Balaban J connectivity index is 1.86. The number of phenols is 1. The van der Waals surface area contributed by atoms with Gasteiger partial charge in [0.05, 0.1) is 18.5 Å². The van der Waals surface area contributed by atoms with Crippen molar-refractivity contribution in [3.63, 3.8) is 0 Å². The number of carbonyl (C=O) groups is 2. The Kier molecular flexibility index (Phi) is 9.51. The summed E-state index contributed by atoms with van der Waals surface area (Å²) in [4.78, 5) is 25.4. The van der Waals surface area contributed by atoms with E-state index in [2.05, 4.69) is 10.6 Å². The molecule has 0 bridgehead atoms. The van der Waals surface area contributed by atoms with Gasteiger partial charge in [0, 0.05) is 18.4 Å². The Morgan fingerprint density at radius 1 is 1.05 bits per heavy atom. The molecule has 0 radical (unpaired) electrons. The average molecular weight is 506 g/mol. The van der Waals surface area contributed by atoms with Gasteiger partial charge in [-0.2, -0.15) is 0 Å². The highest BCUT2D eigenvalue weighted by Crippen LogP contribution is 2.33. The van der Waals surface area contributed by atoms with Gasteiger partial charge in [0.25, 0.3) is 0 Å². The standard InChI is InChI=1S/C28H31N3O6/c1-4-36-25(15-16-26(33)31-22-8-6-5-7-21(22)29)27(19-11-14-24(35-3)23(32)17-19)37-28(34)30-20-12-9-18(2)10-13-20/h5-17,25,27,32H,4,29H2,1-3H3,(H,30,34)(H,31,33)/b16-15+/t25-,27-/m1/s1. The maximum atomic E-state index is 12.8. The topological polar surface area (TPSA) is 132 Å². The Hall–Kier alpha value is -4.50. The average Bonchev–Trinajstić information content (AvgIpc) is 2.88. The highest BCUT2D eigenvalue weighted by molar-refractivity contribution is 6.01. The molecule has 3 aromatic carbocycles. The Bertz CT molecular complexity index is 1240. The predicted octanol–water partition coefficient (Wildman–Crippen LogP) is 5.18. The number of benzene rings is 3. The molecule has 2 atom stereocenters. The number of aryl methyl sites for hydroxylation is 1. The fraction of sp³-hybridized carbons (Fsp3) is 0.214. The van der Waals surface area contributed by atoms with Gasteiger partial charge in [-0.3, -0.25) is 10.1 Å². The van der Waals surface area contributed by atoms with Crippen molar-refractivity contribution >= 4 is 29.1 Å². The van der Waals surface area contributed by atoms with Crippen molar-refractivity contribution in [1.29, 1.82) is 0 Å². The number of para-hydroxylation sites is 2. The minimum Gasteiger partial charge on any atom is -0.504 e. The Morgan fingerprint density at radius 3 is 2.43 bits per heavy atom. The summed E-state index contributed by atoms with van der Waals surface area (Å²) in [7, 11) is 1.43. The maximum Gasteiger partial charge on any atom is 0.412 e. The molecule has 3 rings (SSSR count). The zero-order chi connectivity index (χ0) is 26.8. The van der Waals surface area contributed by atoms with Gasteiger partial charge < -0.3 is 30.4 Å². The molecule has 0 aromatic heterocycles. The molecule has 194 valence electrons. The second-order valence-corrected chi connectivity index (χ2v) is 8.10. The molecule has 37 heavy (non-hydrogen) atoms. The summed E-state index contributed by atoms with van der Waals surface area (Å²) in [6.45, 7) is 3.99. The third kappa shape index (κ3) is 7.74. The van der Waals surface area contributed by atoms with Crippen LogP contribution in [0.25, 0.3) is 0 Å². The van der Waals surface area contributed by atoms with Crippen molar-refractivity contribution < 1.29 is 28.9 Å². The summed E-state index contributed by atoms with van der Waals surface area (Å²) in [5.41, 5.74) is 8.82. The lowest BCUT2D eigenvalue weighted by Gasteiger charge is -2.25. The molecule has 0 spiro atoms. The van der Waals surface area contributed by atoms with Crippen LogP contribution >= 0.6 is 0 Å². The summed E-state index contributed by atoms with van der Waals surface area (Å²) < 4.78 is 16.7. The number of anilines is 3. The largest absolute Gasteiger partial charge is 0.504 e. The number of amides is 2. The quantitative estimate of drug-likeness (QED) is 0.220. The van der Waals surface area contributed by atoms with Crippen LogP contribution in [-0.4, -0.2) is 36.9 Å². The number of nitrogens with one attached hydrogen (secondary N) is 2. The highest BCUT2D eigenvalue weighted by atomic mass is 16.6. The molecule has 5 N–H and O–H groups in total. The minimum atomic E-state index is -1.01. The van der Waals surface area contributed by atoms with Gasteiger partial charge in [-0.25, -0.2) is 4.79 Å². The van der Waals surface area contributed by atoms with Crippen LogP contribution in [0.15, 0.2) is 78.9 Å². The van der Waals surface area contributed by atoms with E-state index in [4.69, 9.17) is 19.9 Å². The van der Waals surface area contributed by atoms with Crippen LogP contribution in [0.2, 0.25) is 0 Å². The second-order valence-electron chi connectivity index (χ2n) is 8.10. The fourth-order valence-corrected chi connectivity index (χ4v) is 3.51. The van der Waals surface area contributed by atoms with E-state index in [1.165, 1.54) is 25.3 Å². The van der Waals surface area contributed by atoms with E-state index >= 15 is 0 Å². The number of carbonyl (C=O) groups excluding carboxylic acids is 2. The Labute approximate surface area is 215 Å². The van der Waals surface area contributed by atoms with Gasteiger partial charge >= 0.3 is 6.09 Å². The first-order valence-electron chi connectivity index (χ1n) is 11.7. The molecular weight excluding hydrogens is 474 g/mol. The number of aromatic hydroxyl groups is 1. The van der Waals surface area contributed by atoms with Gasteiger partial charge in [-0.1, -0.05) is 35.9 Å². The van der Waals surface area contributed by atoms with E-state index in [1.54, 1.807) is 55.5 Å². The Morgan fingerprint density at radius 2 is 1.78 bits per heavy atom. The van der Waals surface area contributed by atoms with Crippen molar-refractivity contribution in [2.24, 2.45) is 0 Å². The molecule has 0 heterocycles. The van der Waals surface area contributed by atoms with Crippen LogP contribution in [0.3, 0.4) is 0 Å². The number of nitrogen functional groups attached to an aromatic ring is 1. The lowest BCUT2D eigenvalue weighted by molar-refractivity contribution is -0.112. The van der Waals surface area contributed by atoms with E-state index < -0.39 is 24.2 Å². The van der Waals surface area contributed by atoms with E-state index in [-0.39, 0.29) is 18.1 Å². The third-order valence-electron chi connectivity index (χ3n) is 5.38. The van der Waals surface area contributed by atoms with Crippen LogP contribution in [0, 0.1) is 6.92 Å². The zero-order valence-electron chi connectivity index (χ0n) is 20.9. The molecule has 0 fully saturated rings. The predicted molar refractivity (Wildman–Crippen MR) is 143 cm³/mol. The van der Waals surface area contributed by atoms with Crippen LogP contribution in [0.4, 0.5) is 21.9 Å². The first-order valence-corrected chi connectivity index (χ1v) is 11.7. The van der Waals surface area contributed by atoms with E-state index in [1.807, 2.05) is 19.1 Å². The monoisotopic (exact) mass is 505 g/mol. The minimum absolute atomic E-state index is 0.135. The smallest absolute Gasteiger partial charge is 0.412 e. The molecule has 2 amide bonds. The lowest BCUT2D eigenvalue weighted by Crippen LogP contribution is -2.28. The molecule has 0 aliphatic rings. The lowest BCUT2D eigenvalue weighted by atomic mass is 10.0. The zero-order valence-corrected chi connectivity index (χ0v) is 20.9. The number of methoxy groups -OCH3 is 1. The SMILES string of the molecule is CCO[C@H](/C=C/C(=O)Nc1ccccc1N)[C@H](OC(=O)Nc1ccc(C)cc1)c1ccc(OC)c(O)c1. The third-order valence-corrected chi connectivity index (χ3v) is 5.38. The van der Waals surface area contributed by atoms with Crippen molar-refractivity contribution in [2.75, 3.05) is 30.1 Å².